The molecule has 1 aliphatic heterocycles. The Morgan fingerprint density at radius 2 is 1.91 bits per heavy atom. The number of carbonyl (C=O) groups is 2. The van der Waals surface area contributed by atoms with Crippen molar-refractivity contribution in [2.75, 3.05) is 51.8 Å². The zero-order valence-corrected chi connectivity index (χ0v) is 13.7. The third kappa shape index (κ3) is 4.92. The lowest BCUT2D eigenvalue weighted by molar-refractivity contribution is -0.130. The number of hydrogen-bond acceptors (Lipinski definition) is 5. The highest BCUT2D eigenvalue weighted by Crippen LogP contribution is 2.13. The van der Waals surface area contributed by atoms with Crippen molar-refractivity contribution in [1.29, 1.82) is 0 Å². The van der Waals surface area contributed by atoms with E-state index in [1.165, 1.54) is 0 Å². The second-order valence-electron chi connectivity index (χ2n) is 5.53. The molecule has 0 aromatic carbocycles. The average molecular weight is 320 g/mol. The summed E-state index contributed by atoms with van der Waals surface area (Å²) in [5.41, 5.74) is 1.40. The number of piperazine rings is 1. The molecule has 2 heterocycles. The second-order valence-corrected chi connectivity index (χ2v) is 5.53. The molecule has 1 aliphatic rings. The molecule has 2 amide bonds. The van der Waals surface area contributed by atoms with Gasteiger partial charge in [0.25, 0.3) is 5.91 Å². The van der Waals surface area contributed by atoms with Gasteiger partial charge in [-0.1, -0.05) is 0 Å². The minimum atomic E-state index is -0.0405. The zero-order valence-electron chi connectivity index (χ0n) is 13.7. The van der Waals surface area contributed by atoms with Gasteiger partial charge in [-0.25, -0.2) is 0 Å². The van der Waals surface area contributed by atoms with Crippen molar-refractivity contribution in [1.82, 2.24) is 14.8 Å². The number of methoxy groups -OCH3 is 1. The summed E-state index contributed by atoms with van der Waals surface area (Å²) in [6.07, 6.45) is 4.18. The molecule has 0 bridgehead atoms. The SMILES string of the molecule is COCCCNc1cncc(C(=O)N2CCN(C(C)=O)CC2)c1. The lowest BCUT2D eigenvalue weighted by atomic mass is 10.2. The standard InChI is InChI=1S/C16H24N4O3/c1-13(21)19-5-7-20(8-6-19)16(22)14-10-15(12-17-11-14)18-4-3-9-23-2/h10-12,18H,3-9H2,1-2H3. The van der Waals surface area contributed by atoms with Crippen LogP contribution in [-0.2, 0) is 9.53 Å². The van der Waals surface area contributed by atoms with Crippen molar-refractivity contribution in [3.05, 3.63) is 24.0 Å². The van der Waals surface area contributed by atoms with E-state index in [1.54, 1.807) is 36.2 Å². The van der Waals surface area contributed by atoms with Gasteiger partial charge in [0.05, 0.1) is 11.3 Å². The fourth-order valence-corrected chi connectivity index (χ4v) is 2.51. The van der Waals surface area contributed by atoms with Gasteiger partial charge >= 0.3 is 0 Å². The van der Waals surface area contributed by atoms with Gasteiger partial charge in [0, 0.05) is 65.8 Å². The molecule has 1 N–H and O–H groups in total. The van der Waals surface area contributed by atoms with Crippen molar-refractivity contribution >= 4 is 17.5 Å². The van der Waals surface area contributed by atoms with Crippen molar-refractivity contribution in [3.8, 4) is 0 Å². The molecule has 2 rings (SSSR count). The highest BCUT2D eigenvalue weighted by molar-refractivity contribution is 5.95. The third-order valence-corrected chi connectivity index (χ3v) is 3.85. The van der Waals surface area contributed by atoms with Crippen LogP contribution in [0, 0.1) is 0 Å². The molecule has 1 aromatic rings. The second kappa shape index (κ2) is 8.47. The molecule has 0 unspecified atom stereocenters. The van der Waals surface area contributed by atoms with E-state index < -0.39 is 0 Å². The fourth-order valence-electron chi connectivity index (χ4n) is 2.51. The molecular formula is C16H24N4O3. The molecule has 7 heteroatoms. The molecule has 126 valence electrons. The first-order valence-corrected chi connectivity index (χ1v) is 7.84. The number of anilines is 1. The first-order chi connectivity index (χ1) is 11.1. The van der Waals surface area contributed by atoms with E-state index in [9.17, 15) is 9.59 Å². The van der Waals surface area contributed by atoms with Crippen LogP contribution in [0.15, 0.2) is 18.5 Å². The van der Waals surface area contributed by atoms with Crippen molar-refractivity contribution in [2.24, 2.45) is 0 Å². The lowest BCUT2D eigenvalue weighted by Crippen LogP contribution is -2.50. The van der Waals surface area contributed by atoms with Crippen molar-refractivity contribution in [2.45, 2.75) is 13.3 Å². The minimum absolute atomic E-state index is 0.0405. The number of hydrogen-bond donors (Lipinski definition) is 1. The Morgan fingerprint density at radius 3 is 2.57 bits per heavy atom. The molecule has 1 aromatic heterocycles. The first-order valence-electron chi connectivity index (χ1n) is 7.84. The Morgan fingerprint density at radius 1 is 1.22 bits per heavy atom. The van der Waals surface area contributed by atoms with Gasteiger partial charge in [-0.3, -0.25) is 14.6 Å². The monoisotopic (exact) mass is 320 g/mol. The maximum atomic E-state index is 12.5. The van der Waals surface area contributed by atoms with Crippen LogP contribution in [0.4, 0.5) is 5.69 Å². The fraction of sp³-hybridized carbons (Fsp3) is 0.562. The number of nitrogens with one attached hydrogen (secondary N) is 1. The zero-order chi connectivity index (χ0) is 16.7. The quantitative estimate of drug-likeness (QED) is 0.786. The average Bonchev–Trinajstić information content (AvgIpc) is 2.58. The summed E-state index contributed by atoms with van der Waals surface area (Å²) in [6, 6.07) is 1.82. The largest absolute Gasteiger partial charge is 0.385 e. The predicted octanol–water partition coefficient (Wildman–Crippen LogP) is 0.834. The van der Waals surface area contributed by atoms with Crippen molar-refractivity contribution in [3.63, 3.8) is 0 Å². The molecule has 0 aliphatic carbocycles. The summed E-state index contributed by atoms with van der Waals surface area (Å²) < 4.78 is 5.00. The van der Waals surface area contributed by atoms with Gasteiger partial charge in [-0.2, -0.15) is 0 Å². The number of amides is 2. The van der Waals surface area contributed by atoms with E-state index in [1.807, 2.05) is 6.07 Å². The summed E-state index contributed by atoms with van der Waals surface area (Å²) in [7, 11) is 1.67. The summed E-state index contributed by atoms with van der Waals surface area (Å²) in [5.74, 6) is 0.0160. The number of nitrogens with zero attached hydrogens (tertiary/aromatic N) is 3. The summed E-state index contributed by atoms with van der Waals surface area (Å²) in [6.45, 7) is 5.31. The normalized spacial score (nSPS) is 14.7. The molecule has 1 saturated heterocycles. The topological polar surface area (TPSA) is 74.8 Å². The number of pyridine rings is 1. The molecule has 23 heavy (non-hydrogen) atoms. The minimum Gasteiger partial charge on any atom is -0.385 e. The van der Waals surface area contributed by atoms with Gasteiger partial charge < -0.3 is 19.9 Å². The third-order valence-electron chi connectivity index (χ3n) is 3.85. The van der Waals surface area contributed by atoms with Gasteiger partial charge in [0.2, 0.25) is 5.91 Å². The van der Waals surface area contributed by atoms with Crippen LogP contribution in [0.5, 0.6) is 0 Å². The Hall–Kier alpha value is -2.15. The Labute approximate surface area is 136 Å². The molecule has 0 saturated carbocycles. The number of carbonyl (C=O) groups excluding carboxylic acids is 2. The van der Waals surface area contributed by atoms with Crippen LogP contribution < -0.4 is 5.32 Å². The van der Waals surface area contributed by atoms with Gasteiger partial charge in [-0.05, 0) is 12.5 Å². The summed E-state index contributed by atoms with van der Waals surface area (Å²) in [5, 5.41) is 3.23. The van der Waals surface area contributed by atoms with Crippen molar-refractivity contribution < 1.29 is 14.3 Å². The number of ether oxygens (including phenoxy) is 1. The van der Waals surface area contributed by atoms with E-state index in [0.29, 0.717) is 38.3 Å². The molecular weight excluding hydrogens is 296 g/mol. The van der Waals surface area contributed by atoms with Crippen LogP contribution in [0.2, 0.25) is 0 Å². The van der Waals surface area contributed by atoms with E-state index >= 15 is 0 Å². The van der Waals surface area contributed by atoms with E-state index in [2.05, 4.69) is 10.3 Å². The molecule has 0 atom stereocenters. The maximum absolute atomic E-state index is 12.5. The molecule has 0 spiro atoms. The Bertz CT molecular complexity index is 542. The maximum Gasteiger partial charge on any atom is 0.255 e. The van der Waals surface area contributed by atoms with E-state index in [-0.39, 0.29) is 11.8 Å². The van der Waals surface area contributed by atoms with Crippen LogP contribution in [0.1, 0.15) is 23.7 Å². The van der Waals surface area contributed by atoms with E-state index in [4.69, 9.17) is 4.74 Å². The van der Waals surface area contributed by atoms with Crippen LogP contribution in [0.25, 0.3) is 0 Å². The van der Waals surface area contributed by atoms with Gasteiger partial charge in [0.1, 0.15) is 0 Å². The van der Waals surface area contributed by atoms with Gasteiger partial charge in [0.15, 0.2) is 0 Å². The smallest absolute Gasteiger partial charge is 0.255 e. The van der Waals surface area contributed by atoms with Crippen LogP contribution in [0.3, 0.4) is 0 Å². The Kier molecular flexibility index (Phi) is 6.34. The summed E-state index contributed by atoms with van der Waals surface area (Å²) >= 11 is 0. The highest BCUT2D eigenvalue weighted by Gasteiger charge is 2.23. The number of rotatable bonds is 6. The summed E-state index contributed by atoms with van der Waals surface area (Å²) in [4.78, 5) is 31.5. The highest BCUT2D eigenvalue weighted by atomic mass is 16.5. The van der Waals surface area contributed by atoms with Gasteiger partial charge in [-0.15, -0.1) is 0 Å². The number of aromatic nitrogens is 1. The predicted molar refractivity (Wildman–Crippen MR) is 87.4 cm³/mol. The van der Waals surface area contributed by atoms with E-state index in [0.717, 1.165) is 18.7 Å². The molecule has 0 radical (unpaired) electrons. The molecule has 7 nitrogen and oxygen atoms in total. The van der Waals surface area contributed by atoms with Crippen LogP contribution >= 0.6 is 0 Å². The van der Waals surface area contributed by atoms with Crippen LogP contribution in [-0.4, -0.2) is 73.0 Å². The lowest BCUT2D eigenvalue weighted by Gasteiger charge is -2.34. The first kappa shape index (κ1) is 17.2. The molecule has 1 fully saturated rings. The Balaban J connectivity index is 1.91.